The Bertz CT molecular complexity index is 2680. The summed E-state index contributed by atoms with van der Waals surface area (Å²) < 4.78 is 7.04. The lowest BCUT2D eigenvalue weighted by Crippen LogP contribution is -2.32. The van der Waals surface area contributed by atoms with Crippen LogP contribution in [0.4, 0.5) is 17.1 Å². The SMILES string of the molecule is Cc1cc(C(C)(C)C)cc2oc3c(N(c4ccc5c(c4)C(C)(C)c4ccccc4-5)c4ccc5c(c4)C4(CC6CCC4C6)c4ccccc4-5)cccc3c12. The van der Waals surface area contributed by atoms with Gasteiger partial charge in [0, 0.05) is 33.0 Å². The normalized spacial score (nSPS) is 21.7. The molecule has 2 nitrogen and oxygen atoms in total. The first kappa shape index (κ1) is 31.4. The minimum Gasteiger partial charge on any atom is -0.454 e. The van der Waals surface area contributed by atoms with E-state index >= 15 is 0 Å². The molecule has 4 aliphatic carbocycles. The highest BCUT2D eigenvalue weighted by Gasteiger charge is 2.56. The van der Waals surface area contributed by atoms with Crippen molar-refractivity contribution in [3.63, 3.8) is 0 Å². The monoisotopic (exact) mass is 689 g/mol. The first-order chi connectivity index (χ1) is 25.5. The van der Waals surface area contributed by atoms with Gasteiger partial charge in [0.25, 0.3) is 0 Å². The Labute approximate surface area is 313 Å². The molecular formula is C51H47NO. The number of anilines is 3. The van der Waals surface area contributed by atoms with Crippen LogP contribution < -0.4 is 4.90 Å². The van der Waals surface area contributed by atoms with Crippen LogP contribution in [0, 0.1) is 18.8 Å². The summed E-state index contributed by atoms with van der Waals surface area (Å²) in [6.07, 6.45) is 5.34. The Hall–Kier alpha value is -5.08. The van der Waals surface area contributed by atoms with E-state index in [1.165, 1.54) is 97.9 Å². The van der Waals surface area contributed by atoms with Crippen LogP contribution in [0.1, 0.15) is 93.7 Å². The third-order valence-corrected chi connectivity index (χ3v) is 14.0. The van der Waals surface area contributed by atoms with Crippen LogP contribution in [0.2, 0.25) is 0 Å². The highest BCUT2D eigenvalue weighted by atomic mass is 16.3. The fourth-order valence-electron chi connectivity index (χ4n) is 11.5. The molecule has 0 amide bonds. The second-order valence-electron chi connectivity index (χ2n) is 18.2. The molecule has 0 radical (unpaired) electrons. The minimum absolute atomic E-state index is 0.0270. The Kier molecular flexibility index (Phi) is 6.25. The molecule has 262 valence electrons. The van der Waals surface area contributed by atoms with Crippen LogP contribution in [0.3, 0.4) is 0 Å². The smallest absolute Gasteiger partial charge is 0.159 e. The molecule has 1 spiro atoms. The van der Waals surface area contributed by atoms with Crippen LogP contribution >= 0.6 is 0 Å². The van der Waals surface area contributed by atoms with Gasteiger partial charge in [-0.05, 0) is 135 Å². The van der Waals surface area contributed by atoms with Crippen molar-refractivity contribution in [3.05, 3.63) is 149 Å². The Balaban J connectivity index is 1.17. The molecule has 2 saturated carbocycles. The van der Waals surface area contributed by atoms with Crippen molar-refractivity contribution >= 4 is 39.0 Å². The lowest BCUT2D eigenvalue weighted by molar-refractivity contribution is 0.327. The second kappa shape index (κ2) is 10.5. The highest BCUT2D eigenvalue weighted by Crippen LogP contribution is 2.66. The van der Waals surface area contributed by atoms with Gasteiger partial charge in [-0.1, -0.05) is 120 Å². The van der Waals surface area contributed by atoms with Gasteiger partial charge in [0.15, 0.2) is 5.58 Å². The average Bonchev–Trinajstić information content (AvgIpc) is 3.96. The zero-order chi connectivity index (χ0) is 36.0. The van der Waals surface area contributed by atoms with Crippen LogP contribution in [-0.4, -0.2) is 0 Å². The van der Waals surface area contributed by atoms with Gasteiger partial charge >= 0.3 is 0 Å². The minimum atomic E-state index is -0.105. The molecule has 1 heterocycles. The summed E-state index contributed by atoms with van der Waals surface area (Å²) in [6, 6.07) is 44.2. The summed E-state index contributed by atoms with van der Waals surface area (Å²) in [7, 11) is 0. The molecule has 6 aromatic carbocycles. The molecule has 2 bridgehead atoms. The zero-order valence-corrected chi connectivity index (χ0v) is 31.8. The second-order valence-corrected chi connectivity index (χ2v) is 18.2. The highest BCUT2D eigenvalue weighted by molar-refractivity contribution is 6.12. The zero-order valence-electron chi connectivity index (χ0n) is 31.8. The molecule has 11 rings (SSSR count). The van der Waals surface area contributed by atoms with Crippen LogP contribution in [0.15, 0.2) is 120 Å². The fraction of sp³-hybridized carbons (Fsp3) is 0.294. The van der Waals surface area contributed by atoms with E-state index < -0.39 is 0 Å². The number of aryl methyl sites for hydroxylation is 1. The lowest BCUT2D eigenvalue weighted by Gasteiger charge is -2.37. The molecular weight excluding hydrogens is 643 g/mol. The van der Waals surface area contributed by atoms with E-state index in [0.29, 0.717) is 5.92 Å². The summed E-state index contributed by atoms with van der Waals surface area (Å²) in [6.45, 7) is 13.9. The van der Waals surface area contributed by atoms with Crippen LogP contribution in [0.5, 0.6) is 0 Å². The van der Waals surface area contributed by atoms with E-state index in [4.69, 9.17) is 4.42 Å². The molecule has 53 heavy (non-hydrogen) atoms. The topological polar surface area (TPSA) is 16.4 Å². The molecule has 0 saturated heterocycles. The van der Waals surface area contributed by atoms with Gasteiger partial charge in [0.05, 0.1) is 5.69 Å². The number of rotatable bonds is 3. The summed E-state index contributed by atoms with van der Waals surface area (Å²) >= 11 is 0. The summed E-state index contributed by atoms with van der Waals surface area (Å²) in [5.74, 6) is 1.53. The number of hydrogen-bond donors (Lipinski definition) is 0. The average molecular weight is 690 g/mol. The van der Waals surface area contributed by atoms with Crippen molar-refractivity contribution in [2.75, 3.05) is 4.90 Å². The molecule has 1 aromatic heterocycles. The maximum absolute atomic E-state index is 7.04. The first-order valence-corrected chi connectivity index (χ1v) is 19.8. The predicted molar refractivity (Wildman–Crippen MR) is 221 cm³/mol. The van der Waals surface area contributed by atoms with Crippen LogP contribution in [-0.2, 0) is 16.2 Å². The largest absolute Gasteiger partial charge is 0.454 e. The quantitative estimate of drug-likeness (QED) is 0.184. The molecule has 3 atom stereocenters. The third kappa shape index (κ3) is 4.16. The molecule has 2 fully saturated rings. The summed E-state index contributed by atoms with van der Waals surface area (Å²) in [4.78, 5) is 2.51. The van der Waals surface area contributed by atoms with E-state index in [2.05, 4.69) is 162 Å². The number of para-hydroxylation sites is 1. The van der Waals surface area contributed by atoms with E-state index in [1.807, 2.05) is 0 Å². The number of furan rings is 1. The number of nitrogens with zero attached hydrogens (tertiary/aromatic N) is 1. The molecule has 2 heteroatoms. The van der Waals surface area contributed by atoms with Gasteiger partial charge in [-0.2, -0.15) is 0 Å². The Morgan fingerprint density at radius 2 is 1.32 bits per heavy atom. The van der Waals surface area contributed by atoms with E-state index in [1.54, 1.807) is 5.56 Å². The maximum Gasteiger partial charge on any atom is 0.159 e. The van der Waals surface area contributed by atoms with Gasteiger partial charge in [0.2, 0.25) is 0 Å². The molecule has 0 aliphatic heterocycles. The Morgan fingerprint density at radius 1 is 0.660 bits per heavy atom. The number of hydrogen-bond acceptors (Lipinski definition) is 2. The van der Waals surface area contributed by atoms with Crippen molar-refractivity contribution < 1.29 is 4.42 Å². The van der Waals surface area contributed by atoms with Gasteiger partial charge in [0.1, 0.15) is 5.58 Å². The lowest BCUT2D eigenvalue weighted by atomic mass is 9.67. The third-order valence-electron chi connectivity index (χ3n) is 14.0. The van der Waals surface area contributed by atoms with E-state index in [9.17, 15) is 0 Å². The van der Waals surface area contributed by atoms with Crippen molar-refractivity contribution in [3.8, 4) is 22.3 Å². The van der Waals surface area contributed by atoms with Gasteiger partial charge < -0.3 is 9.32 Å². The predicted octanol–water partition coefficient (Wildman–Crippen LogP) is 14.1. The maximum atomic E-state index is 7.04. The molecule has 3 unspecified atom stereocenters. The molecule has 4 aliphatic rings. The van der Waals surface area contributed by atoms with Gasteiger partial charge in [-0.3, -0.25) is 0 Å². The van der Waals surface area contributed by atoms with Crippen molar-refractivity contribution in [2.24, 2.45) is 11.8 Å². The van der Waals surface area contributed by atoms with Gasteiger partial charge in [-0.25, -0.2) is 0 Å². The fourth-order valence-corrected chi connectivity index (χ4v) is 11.5. The summed E-state index contributed by atoms with van der Waals surface area (Å²) in [5, 5.41) is 2.39. The molecule has 0 N–H and O–H groups in total. The van der Waals surface area contributed by atoms with Crippen molar-refractivity contribution in [1.82, 2.24) is 0 Å². The van der Waals surface area contributed by atoms with Gasteiger partial charge in [-0.15, -0.1) is 0 Å². The van der Waals surface area contributed by atoms with Crippen molar-refractivity contribution in [2.45, 2.75) is 83.5 Å². The standard InChI is InChI=1S/C51H47NO/c1-30-24-33(49(2,3)4)26-46-47(30)40-14-11-17-45(48(40)53-46)52(34-20-22-38-36-12-7-9-15-41(36)50(5,6)43(38)27-34)35-21-23-39-37-13-8-10-16-42(37)51(44(39)28-35)29-31-18-19-32(51)25-31/h7-17,20-24,26-28,31-32H,18-19,25,29H2,1-6H3. The number of fused-ring (bicyclic) bond motifs is 14. The summed E-state index contributed by atoms with van der Waals surface area (Å²) in [5.41, 5.74) is 19.4. The van der Waals surface area contributed by atoms with E-state index in [0.717, 1.165) is 22.8 Å². The number of benzene rings is 6. The Morgan fingerprint density at radius 3 is 2.02 bits per heavy atom. The van der Waals surface area contributed by atoms with E-state index in [-0.39, 0.29) is 16.2 Å². The van der Waals surface area contributed by atoms with Crippen LogP contribution in [0.25, 0.3) is 44.2 Å². The van der Waals surface area contributed by atoms with Crippen molar-refractivity contribution in [1.29, 1.82) is 0 Å². The first-order valence-electron chi connectivity index (χ1n) is 19.8. The molecule has 7 aromatic rings.